The molecule has 0 spiro atoms. The van der Waals surface area contributed by atoms with Crippen LogP contribution in [0.1, 0.15) is 17.4 Å². The molecule has 0 saturated carbocycles. The van der Waals surface area contributed by atoms with Crippen molar-refractivity contribution in [1.29, 1.82) is 0 Å². The molecule has 0 fully saturated rings. The predicted octanol–water partition coefficient (Wildman–Crippen LogP) is 4.49. The van der Waals surface area contributed by atoms with Crippen molar-refractivity contribution in [3.05, 3.63) is 48.8 Å². The van der Waals surface area contributed by atoms with Gasteiger partial charge in [0.1, 0.15) is 4.34 Å². The van der Waals surface area contributed by atoms with E-state index in [0.29, 0.717) is 20.7 Å². The van der Waals surface area contributed by atoms with Crippen molar-refractivity contribution in [2.75, 3.05) is 0 Å². The maximum absolute atomic E-state index is 10.0. The number of rotatable bonds is 3. The van der Waals surface area contributed by atoms with Crippen LogP contribution in [-0.4, -0.2) is 10.1 Å². The molecule has 0 amide bonds. The minimum atomic E-state index is -0.681. The quantitative estimate of drug-likeness (QED) is 0.882. The Bertz CT molecular complexity index is 515. The Morgan fingerprint density at radius 3 is 2.71 bits per heavy atom. The minimum absolute atomic E-state index is 0.417. The van der Waals surface area contributed by atoms with Gasteiger partial charge in [-0.15, -0.1) is 11.3 Å². The van der Waals surface area contributed by atoms with Crippen LogP contribution >= 0.6 is 50.5 Å². The van der Waals surface area contributed by atoms with Gasteiger partial charge in [0.05, 0.1) is 10.4 Å². The Balaban J connectivity index is 2.14. The largest absolute Gasteiger partial charge is 0.388 e. The summed E-state index contributed by atoms with van der Waals surface area (Å²) in [6, 6.07) is 5.44. The van der Waals surface area contributed by atoms with Gasteiger partial charge < -0.3 is 5.11 Å². The molecular weight excluding hydrogens is 345 g/mol. The smallest absolute Gasteiger partial charge is 0.100 e. The summed E-state index contributed by atoms with van der Waals surface area (Å²) in [4.78, 5) is 4.20. The zero-order valence-corrected chi connectivity index (χ0v) is 12.4. The van der Waals surface area contributed by atoms with E-state index in [9.17, 15) is 5.11 Å². The molecule has 0 radical (unpaired) electrons. The van der Waals surface area contributed by atoms with Crippen LogP contribution < -0.4 is 0 Å². The lowest BCUT2D eigenvalue weighted by atomic mass is 10.1. The molecule has 6 heteroatoms. The summed E-state index contributed by atoms with van der Waals surface area (Å²) < 4.78 is 2.01. The van der Waals surface area contributed by atoms with Crippen molar-refractivity contribution < 1.29 is 5.11 Å². The molecule has 90 valence electrons. The normalized spacial score (nSPS) is 12.7. The van der Waals surface area contributed by atoms with Gasteiger partial charge in [-0.05, 0) is 34.1 Å². The second kappa shape index (κ2) is 5.67. The second-order valence-electron chi connectivity index (χ2n) is 3.47. The molecule has 2 rings (SSSR count). The first-order valence-electron chi connectivity index (χ1n) is 4.79. The molecule has 0 aliphatic carbocycles. The average Bonchev–Trinajstić information content (AvgIpc) is 2.61. The first-order valence-corrected chi connectivity index (χ1v) is 7.16. The van der Waals surface area contributed by atoms with Gasteiger partial charge in [-0.1, -0.05) is 23.2 Å². The number of halogens is 3. The average molecular weight is 353 g/mol. The number of thiophene rings is 1. The van der Waals surface area contributed by atoms with Crippen LogP contribution in [0.2, 0.25) is 8.67 Å². The van der Waals surface area contributed by atoms with E-state index in [1.165, 1.54) is 11.3 Å². The van der Waals surface area contributed by atoms with Gasteiger partial charge in [0.15, 0.2) is 0 Å². The van der Waals surface area contributed by atoms with Crippen LogP contribution in [-0.2, 0) is 6.42 Å². The SMILES string of the molecule is OC(Cc1ccc(Br)cn1)c1cc(Cl)sc1Cl. The Kier molecular flexibility index (Phi) is 4.44. The summed E-state index contributed by atoms with van der Waals surface area (Å²) in [6.07, 6.45) is 1.43. The third-order valence-electron chi connectivity index (χ3n) is 2.23. The molecule has 0 saturated heterocycles. The van der Waals surface area contributed by atoms with E-state index < -0.39 is 6.10 Å². The highest BCUT2D eigenvalue weighted by Crippen LogP contribution is 2.35. The van der Waals surface area contributed by atoms with Crippen molar-refractivity contribution in [2.24, 2.45) is 0 Å². The third-order valence-corrected chi connectivity index (χ3v) is 4.22. The summed E-state index contributed by atoms with van der Waals surface area (Å²) in [5.41, 5.74) is 1.46. The van der Waals surface area contributed by atoms with Crippen LogP contribution in [0.4, 0.5) is 0 Å². The number of aliphatic hydroxyl groups is 1. The van der Waals surface area contributed by atoms with Crippen molar-refractivity contribution in [2.45, 2.75) is 12.5 Å². The number of pyridine rings is 1. The van der Waals surface area contributed by atoms with Crippen LogP contribution in [0.3, 0.4) is 0 Å². The topological polar surface area (TPSA) is 33.1 Å². The first-order chi connectivity index (χ1) is 8.06. The van der Waals surface area contributed by atoms with E-state index in [0.717, 1.165) is 10.2 Å². The highest BCUT2D eigenvalue weighted by molar-refractivity contribution is 9.10. The van der Waals surface area contributed by atoms with E-state index in [1.807, 2.05) is 12.1 Å². The molecule has 0 bridgehead atoms. The molecule has 2 aromatic heterocycles. The molecule has 17 heavy (non-hydrogen) atoms. The second-order valence-corrected chi connectivity index (χ2v) is 6.67. The van der Waals surface area contributed by atoms with Crippen LogP contribution in [0.25, 0.3) is 0 Å². The highest BCUT2D eigenvalue weighted by Gasteiger charge is 2.16. The summed E-state index contributed by atoms with van der Waals surface area (Å²) in [7, 11) is 0. The van der Waals surface area contributed by atoms with Gasteiger partial charge in [-0.25, -0.2) is 0 Å². The first kappa shape index (κ1) is 13.3. The van der Waals surface area contributed by atoms with Crippen LogP contribution in [0, 0.1) is 0 Å². The highest BCUT2D eigenvalue weighted by atomic mass is 79.9. The summed E-state index contributed by atoms with van der Waals surface area (Å²) in [6.45, 7) is 0. The number of aliphatic hydroxyl groups excluding tert-OH is 1. The molecule has 2 nitrogen and oxygen atoms in total. The van der Waals surface area contributed by atoms with E-state index in [-0.39, 0.29) is 0 Å². The lowest BCUT2D eigenvalue weighted by Gasteiger charge is -2.08. The summed E-state index contributed by atoms with van der Waals surface area (Å²) >= 11 is 16.4. The Labute approximate surface area is 121 Å². The monoisotopic (exact) mass is 351 g/mol. The summed E-state index contributed by atoms with van der Waals surface area (Å²) in [5.74, 6) is 0. The van der Waals surface area contributed by atoms with E-state index in [4.69, 9.17) is 23.2 Å². The zero-order chi connectivity index (χ0) is 12.4. The fourth-order valence-corrected chi connectivity index (χ4v) is 3.22. The third kappa shape index (κ3) is 3.42. The number of hydrogen-bond donors (Lipinski definition) is 1. The number of hydrogen-bond acceptors (Lipinski definition) is 3. The van der Waals surface area contributed by atoms with Crippen molar-refractivity contribution in [1.82, 2.24) is 4.98 Å². The van der Waals surface area contributed by atoms with Gasteiger partial charge in [-0.2, -0.15) is 0 Å². The van der Waals surface area contributed by atoms with E-state index in [2.05, 4.69) is 20.9 Å². The lowest BCUT2D eigenvalue weighted by Crippen LogP contribution is -2.02. The van der Waals surface area contributed by atoms with E-state index in [1.54, 1.807) is 12.3 Å². The van der Waals surface area contributed by atoms with Gasteiger partial charge in [0.2, 0.25) is 0 Å². The molecule has 1 unspecified atom stereocenters. The minimum Gasteiger partial charge on any atom is -0.388 e. The molecule has 0 aromatic carbocycles. The van der Waals surface area contributed by atoms with Gasteiger partial charge in [0, 0.05) is 28.3 Å². The van der Waals surface area contributed by atoms with Crippen molar-refractivity contribution in [3.63, 3.8) is 0 Å². The maximum Gasteiger partial charge on any atom is 0.100 e. The van der Waals surface area contributed by atoms with Gasteiger partial charge in [-0.3, -0.25) is 4.98 Å². The Hall–Kier alpha value is -0.130. The molecule has 2 aromatic rings. The number of aromatic nitrogens is 1. The van der Waals surface area contributed by atoms with Crippen LogP contribution in [0.5, 0.6) is 0 Å². The Morgan fingerprint density at radius 2 is 2.18 bits per heavy atom. The molecular formula is C11H8BrCl2NOS. The predicted molar refractivity (Wildman–Crippen MR) is 74.9 cm³/mol. The fourth-order valence-electron chi connectivity index (χ4n) is 1.42. The standard InChI is InChI=1S/C11H8BrCl2NOS/c12-6-1-2-7(15-5-6)3-9(16)8-4-10(13)17-11(8)14/h1-2,4-5,9,16H,3H2. The maximum atomic E-state index is 10.0. The summed E-state index contributed by atoms with van der Waals surface area (Å²) in [5, 5.41) is 10.0. The molecule has 0 aliphatic rings. The van der Waals surface area contributed by atoms with Crippen LogP contribution in [0.15, 0.2) is 28.9 Å². The molecule has 1 atom stereocenters. The molecule has 0 aliphatic heterocycles. The van der Waals surface area contributed by atoms with Gasteiger partial charge in [0.25, 0.3) is 0 Å². The zero-order valence-electron chi connectivity index (χ0n) is 8.53. The number of nitrogens with zero attached hydrogens (tertiary/aromatic N) is 1. The lowest BCUT2D eigenvalue weighted by molar-refractivity contribution is 0.178. The molecule has 2 heterocycles. The van der Waals surface area contributed by atoms with Crippen molar-refractivity contribution in [3.8, 4) is 0 Å². The fraction of sp³-hybridized carbons (Fsp3) is 0.182. The van der Waals surface area contributed by atoms with E-state index >= 15 is 0 Å². The van der Waals surface area contributed by atoms with Gasteiger partial charge >= 0.3 is 0 Å². The Morgan fingerprint density at radius 1 is 1.41 bits per heavy atom. The molecule has 1 N–H and O–H groups in total. The van der Waals surface area contributed by atoms with Crippen molar-refractivity contribution >= 4 is 50.5 Å².